The first-order valence-corrected chi connectivity index (χ1v) is 3.00. The van der Waals surface area contributed by atoms with Gasteiger partial charge in [-0.1, -0.05) is 0 Å². The van der Waals surface area contributed by atoms with E-state index in [9.17, 15) is 9.90 Å². The Bertz CT molecular complexity index is 292. The third kappa shape index (κ3) is 4.49. The van der Waals surface area contributed by atoms with Crippen molar-refractivity contribution in [3.05, 3.63) is 18.2 Å². The Morgan fingerprint density at radius 3 is 2.08 bits per heavy atom. The molecular weight excluding hydrogens is 203 g/mol. The molecule has 0 amide bonds. The Labute approximate surface area is 116 Å². The fraction of sp³-hybridized carbons (Fsp3) is 0. The van der Waals surface area contributed by atoms with Crippen molar-refractivity contribution in [3.63, 3.8) is 0 Å². The van der Waals surface area contributed by atoms with Crippen LogP contribution in [0.3, 0.4) is 0 Å². The van der Waals surface area contributed by atoms with Gasteiger partial charge in [0.05, 0.1) is 5.75 Å². The molecule has 0 saturated heterocycles. The van der Waals surface area contributed by atoms with Crippen molar-refractivity contribution in [3.8, 4) is 17.2 Å². The SMILES string of the molecule is O=C([O-])Oc1cc(O)cc(O)c1.[K+]. The van der Waals surface area contributed by atoms with Gasteiger partial charge in [0, 0.05) is 18.2 Å². The van der Waals surface area contributed by atoms with Crippen molar-refractivity contribution >= 4 is 6.16 Å². The van der Waals surface area contributed by atoms with Crippen LogP contribution < -0.4 is 61.2 Å². The number of rotatable bonds is 1. The topological polar surface area (TPSA) is 89.8 Å². The van der Waals surface area contributed by atoms with Gasteiger partial charge in [0.25, 0.3) is 6.16 Å². The first kappa shape index (κ1) is 12.7. The number of carbonyl (C=O) groups is 1. The van der Waals surface area contributed by atoms with Gasteiger partial charge in [-0.15, -0.1) is 0 Å². The molecule has 1 aromatic rings. The van der Waals surface area contributed by atoms with E-state index in [0.717, 1.165) is 18.2 Å². The summed E-state index contributed by atoms with van der Waals surface area (Å²) in [6.07, 6.45) is -1.75. The summed E-state index contributed by atoms with van der Waals surface area (Å²) in [5.41, 5.74) is 0. The van der Waals surface area contributed by atoms with Crippen LogP contribution in [0.5, 0.6) is 17.2 Å². The molecule has 2 N–H and O–H groups in total. The average molecular weight is 208 g/mol. The van der Waals surface area contributed by atoms with E-state index in [-0.39, 0.29) is 68.6 Å². The number of carbonyl (C=O) groups excluding carboxylic acids is 1. The summed E-state index contributed by atoms with van der Waals surface area (Å²) in [5.74, 6) is -0.759. The zero-order valence-electron chi connectivity index (χ0n) is 6.85. The van der Waals surface area contributed by atoms with Gasteiger partial charge in [-0.25, -0.2) is 0 Å². The molecule has 0 aliphatic heterocycles. The Kier molecular flexibility index (Phi) is 5.34. The van der Waals surface area contributed by atoms with Crippen molar-refractivity contribution in [1.82, 2.24) is 0 Å². The van der Waals surface area contributed by atoms with Gasteiger partial charge in [0.2, 0.25) is 0 Å². The van der Waals surface area contributed by atoms with Crippen molar-refractivity contribution in [2.24, 2.45) is 0 Å². The summed E-state index contributed by atoms with van der Waals surface area (Å²) in [6.45, 7) is 0. The van der Waals surface area contributed by atoms with Gasteiger partial charge >= 0.3 is 51.4 Å². The van der Waals surface area contributed by atoms with E-state index in [2.05, 4.69) is 4.74 Å². The summed E-state index contributed by atoms with van der Waals surface area (Å²) >= 11 is 0. The molecule has 0 unspecified atom stereocenters. The molecule has 0 fully saturated rings. The van der Waals surface area contributed by atoms with E-state index >= 15 is 0 Å². The quantitative estimate of drug-likeness (QED) is 0.288. The van der Waals surface area contributed by atoms with Gasteiger partial charge in [0.15, 0.2) is 0 Å². The minimum atomic E-state index is -1.75. The summed E-state index contributed by atoms with van der Waals surface area (Å²) < 4.78 is 4.06. The maximum Gasteiger partial charge on any atom is 1.00 e. The molecule has 0 aliphatic carbocycles. The van der Waals surface area contributed by atoms with Gasteiger partial charge in [-0.2, -0.15) is 0 Å². The number of hydrogen-bond acceptors (Lipinski definition) is 5. The van der Waals surface area contributed by atoms with Crippen molar-refractivity contribution < 1.29 is 76.2 Å². The first-order valence-electron chi connectivity index (χ1n) is 3.00. The Morgan fingerprint density at radius 2 is 1.69 bits per heavy atom. The summed E-state index contributed by atoms with van der Waals surface area (Å²) in [4.78, 5) is 9.89. The van der Waals surface area contributed by atoms with E-state index in [1.54, 1.807) is 0 Å². The molecule has 0 spiro atoms. The molecule has 5 nitrogen and oxygen atoms in total. The molecule has 13 heavy (non-hydrogen) atoms. The minimum Gasteiger partial charge on any atom is -0.514 e. The van der Waals surface area contributed by atoms with Crippen molar-refractivity contribution in [2.45, 2.75) is 0 Å². The zero-order chi connectivity index (χ0) is 9.14. The molecule has 0 atom stereocenters. The molecule has 0 aromatic heterocycles. The van der Waals surface area contributed by atoms with E-state index in [1.807, 2.05) is 0 Å². The number of aromatic hydroxyl groups is 2. The maximum atomic E-state index is 9.89. The second-order valence-corrected chi connectivity index (χ2v) is 2.04. The monoisotopic (exact) mass is 208 g/mol. The Hall–Kier alpha value is -0.274. The third-order valence-electron chi connectivity index (χ3n) is 1.08. The number of hydrogen-bond donors (Lipinski definition) is 2. The van der Waals surface area contributed by atoms with E-state index < -0.39 is 6.16 Å². The second kappa shape index (κ2) is 5.46. The minimum absolute atomic E-state index is 0. The Balaban J connectivity index is 0.00000144. The van der Waals surface area contributed by atoms with Crippen LogP contribution in [0, 0.1) is 0 Å². The number of carboxylic acid groups (broad SMARTS) is 1. The molecule has 64 valence electrons. The fourth-order valence-electron chi connectivity index (χ4n) is 0.723. The maximum absolute atomic E-state index is 9.89. The largest absolute Gasteiger partial charge is 1.00 e. The molecule has 0 heterocycles. The number of ether oxygens (including phenoxy) is 1. The Morgan fingerprint density at radius 1 is 1.23 bits per heavy atom. The van der Waals surface area contributed by atoms with Crippen LogP contribution in [0.4, 0.5) is 4.79 Å². The summed E-state index contributed by atoms with van der Waals surface area (Å²) in [5, 5.41) is 27.6. The van der Waals surface area contributed by atoms with Gasteiger partial charge in [-0.3, -0.25) is 0 Å². The summed E-state index contributed by atoms with van der Waals surface area (Å²) in [7, 11) is 0. The molecule has 1 aromatic carbocycles. The van der Waals surface area contributed by atoms with Crippen LogP contribution in [0.25, 0.3) is 0 Å². The van der Waals surface area contributed by atoms with Crippen LogP contribution >= 0.6 is 0 Å². The van der Waals surface area contributed by atoms with Crippen molar-refractivity contribution in [1.29, 1.82) is 0 Å². The van der Waals surface area contributed by atoms with Crippen LogP contribution in [0.15, 0.2) is 18.2 Å². The molecule has 0 bridgehead atoms. The van der Waals surface area contributed by atoms with Crippen LogP contribution in [-0.2, 0) is 0 Å². The molecular formula is C7H5KO5. The predicted molar refractivity (Wildman–Crippen MR) is 35.8 cm³/mol. The molecule has 0 aliphatic rings. The average Bonchev–Trinajstić information content (AvgIpc) is 1.81. The standard InChI is InChI=1S/C7H6O5.K/c8-4-1-5(9)3-6(2-4)12-7(10)11;/h1-3,8-9H,(H,10,11);/q;+1/p-1. The smallest absolute Gasteiger partial charge is 0.514 e. The van der Waals surface area contributed by atoms with Crippen LogP contribution in [0.1, 0.15) is 0 Å². The third-order valence-corrected chi connectivity index (χ3v) is 1.08. The normalized spacial score (nSPS) is 8.62. The van der Waals surface area contributed by atoms with Gasteiger partial charge < -0.3 is 24.9 Å². The zero-order valence-corrected chi connectivity index (χ0v) is 9.97. The summed E-state index contributed by atoms with van der Waals surface area (Å²) in [6, 6.07) is 3.12. The van der Waals surface area contributed by atoms with E-state index in [4.69, 9.17) is 10.2 Å². The fourth-order valence-corrected chi connectivity index (χ4v) is 0.723. The van der Waals surface area contributed by atoms with Crippen molar-refractivity contribution in [2.75, 3.05) is 0 Å². The molecule has 1 rings (SSSR count). The molecule has 0 radical (unpaired) electrons. The second-order valence-electron chi connectivity index (χ2n) is 2.04. The van der Waals surface area contributed by atoms with E-state index in [1.165, 1.54) is 0 Å². The number of phenolic OH excluding ortho intramolecular Hbond substituents is 2. The number of phenols is 2. The van der Waals surface area contributed by atoms with Crippen LogP contribution in [0.2, 0.25) is 0 Å². The van der Waals surface area contributed by atoms with Gasteiger partial charge in [0.1, 0.15) is 11.5 Å². The van der Waals surface area contributed by atoms with Crippen LogP contribution in [-0.4, -0.2) is 16.4 Å². The first-order chi connectivity index (χ1) is 5.58. The molecule has 0 saturated carbocycles. The number of benzene rings is 1. The van der Waals surface area contributed by atoms with E-state index in [0.29, 0.717) is 0 Å². The molecule has 6 heteroatoms. The predicted octanol–water partition coefficient (Wildman–Crippen LogP) is -3.18. The van der Waals surface area contributed by atoms with Gasteiger partial charge in [-0.05, 0) is 0 Å².